The van der Waals surface area contributed by atoms with E-state index in [1.54, 1.807) is 18.2 Å². The van der Waals surface area contributed by atoms with Gasteiger partial charge in [0.25, 0.3) is 11.5 Å². The van der Waals surface area contributed by atoms with E-state index >= 15 is 0 Å². The van der Waals surface area contributed by atoms with Crippen LogP contribution in [0.2, 0.25) is 5.02 Å². The molecular formula is C22H17ClN4O2S. The van der Waals surface area contributed by atoms with Crippen LogP contribution in [-0.4, -0.2) is 21.7 Å². The van der Waals surface area contributed by atoms with Crippen LogP contribution in [0.4, 0.5) is 0 Å². The SMILES string of the molecule is Cc1sc2ncn(CC(=O)N/N=C\c3cccc(Cl)c3)c(=O)c2c1-c1ccccc1. The number of amides is 1. The molecule has 0 saturated heterocycles. The second kappa shape index (κ2) is 8.61. The Bertz CT molecular complexity index is 1310. The number of nitrogens with one attached hydrogen (secondary N) is 1. The molecule has 150 valence electrons. The summed E-state index contributed by atoms with van der Waals surface area (Å²) in [6, 6.07) is 16.8. The first-order chi connectivity index (χ1) is 14.5. The smallest absolute Gasteiger partial charge is 0.263 e. The van der Waals surface area contributed by atoms with E-state index in [9.17, 15) is 9.59 Å². The van der Waals surface area contributed by atoms with Crippen LogP contribution in [0.5, 0.6) is 0 Å². The van der Waals surface area contributed by atoms with E-state index in [-0.39, 0.29) is 12.1 Å². The zero-order valence-corrected chi connectivity index (χ0v) is 17.6. The predicted octanol–water partition coefficient (Wildman–Crippen LogP) is 4.24. The van der Waals surface area contributed by atoms with Gasteiger partial charge in [-0.25, -0.2) is 10.4 Å². The van der Waals surface area contributed by atoms with Crippen LogP contribution in [-0.2, 0) is 11.3 Å². The van der Waals surface area contributed by atoms with Crippen molar-refractivity contribution >= 4 is 45.3 Å². The van der Waals surface area contributed by atoms with Crippen molar-refractivity contribution in [2.24, 2.45) is 5.10 Å². The molecule has 4 rings (SSSR count). The first-order valence-electron chi connectivity index (χ1n) is 9.14. The van der Waals surface area contributed by atoms with Gasteiger partial charge in [-0.1, -0.05) is 54.1 Å². The lowest BCUT2D eigenvalue weighted by molar-refractivity contribution is -0.121. The number of thiophene rings is 1. The van der Waals surface area contributed by atoms with E-state index in [0.717, 1.165) is 21.6 Å². The van der Waals surface area contributed by atoms with Crippen molar-refractivity contribution in [3.05, 3.63) is 86.7 Å². The van der Waals surface area contributed by atoms with Gasteiger partial charge in [-0.15, -0.1) is 11.3 Å². The number of rotatable bonds is 5. The fraction of sp³-hybridized carbons (Fsp3) is 0.0909. The predicted molar refractivity (Wildman–Crippen MR) is 121 cm³/mol. The second-order valence-electron chi connectivity index (χ2n) is 6.61. The molecule has 0 aliphatic heterocycles. The van der Waals surface area contributed by atoms with Gasteiger partial charge < -0.3 is 0 Å². The molecule has 4 aromatic rings. The number of halogens is 1. The van der Waals surface area contributed by atoms with Crippen molar-refractivity contribution in [1.82, 2.24) is 15.0 Å². The van der Waals surface area contributed by atoms with Crippen LogP contribution in [0.25, 0.3) is 21.3 Å². The van der Waals surface area contributed by atoms with Crippen molar-refractivity contribution in [3.63, 3.8) is 0 Å². The maximum Gasteiger partial charge on any atom is 0.263 e. The summed E-state index contributed by atoms with van der Waals surface area (Å²) < 4.78 is 1.30. The van der Waals surface area contributed by atoms with Crippen LogP contribution in [0.15, 0.2) is 70.8 Å². The number of aromatic nitrogens is 2. The number of hydrogen-bond donors (Lipinski definition) is 1. The molecule has 6 nitrogen and oxygen atoms in total. The van der Waals surface area contributed by atoms with E-state index < -0.39 is 5.91 Å². The molecule has 0 unspecified atom stereocenters. The third-order valence-corrected chi connectivity index (χ3v) is 5.73. The molecule has 1 N–H and O–H groups in total. The third kappa shape index (κ3) is 4.17. The monoisotopic (exact) mass is 436 g/mol. The van der Waals surface area contributed by atoms with E-state index in [4.69, 9.17) is 11.6 Å². The summed E-state index contributed by atoms with van der Waals surface area (Å²) in [5, 5.41) is 5.03. The van der Waals surface area contributed by atoms with Crippen molar-refractivity contribution in [2.45, 2.75) is 13.5 Å². The number of hydrazone groups is 1. The lowest BCUT2D eigenvalue weighted by Gasteiger charge is -2.06. The highest BCUT2D eigenvalue weighted by Gasteiger charge is 2.17. The minimum atomic E-state index is -0.426. The van der Waals surface area contributed by atoms with Gasteiger partial charge in [0.1, 0.15) is 11.4 Å². The Morgan fingerprint density at radius 1 is 1.23 bits per heavy atom. The van der Waals surface area contributed by atoms with E-state index in [0.29, 0.717) is 15.2 Å². The summed E-state index contributed by atoms with van der Waals surface area (Å²) >= 11 is 7.39. The lowest BCUT2D eigenvalue weighted by Crippen LogP contribution is -2.30. The normalized spacial score (nSPS) is 11.3. The molecule has 0 fully saturated rings. The van der Waals surface area contributed by atoms with Crippen LogP contribution in [0.1, 0.15) is 10.4 Å². The van der Waals surface area contributed by atoms with Crippen LogP contribution in [0, 0.1) is 6.92 Å². The number of hydrogen-bond acceptors (Lipinski definition) is 5. The number of benzene rings is 2. The third-order valence-electron chi connectivity index (χ3n) is 4.48. The molecule has 0 atom stereocenters. The summed E-state index contributed by atoms with van der Waals surface area (Å²) in [5.41, 5.74) is 4.74. The van der Waals surface area contributed by atoms with Crippen molar-refractivity contribution in [3.8, 4) is 11.1 Å². The minimum absolute atomic E-state index is 0.183. The molecule has 0 aliphatic carbocycles. The van der Waals surface area contributed by atoms with Crippen molar-refractivity contribution in [1.29, 1.82) is 0 Å². The standard InChI is InChI=1S/C22H17ClN4O2S/c1-14-19(16-7-3-2-4-8-16)20-21(30-14)24-13-27(22(20)29)12-18(28)26-25-11-15-6-5-9-17(23)10-15/h2-11,13H,12H2,1H3,(H,26,28)/b25-11-. The van der Waals surface area contributed by atoms with Gasteiger partial charge in [0.05, 0.1) is 17.9 Å². The Hall–Kier alpha value is -3.29. The fourth-order valence-corrected chi connectivity index (χ4v) is 4.36. The maximum absolute atomic E-state index is 13.1. The van der Waals surface area contributed by atoms with Crippen molar-refractivity contribution < 1.29 is 4.79 Å². The summed E-state index contributed by atoms with van der Waals surface area (Å²) in [6.45, 7) is 1.79. The van der Waals surface area contributed by atoms with Gasteiger partial charge in [-0.3, -0.25) is 14.2 Å². The highest BCUT2D eigenvalue weighted by molar-refractivity contribution is 7.19. The van der Waals surface area contributed by atoms with Crippen LogP contribution in [0.3, 0.4) is 0 Å². The van der Waals surface area contributed by atoms with Crippen molar-refractivity contribution in [2.75, 3.05) is 0 Å². The largest absolute Gasteiger partial charge is 0.289 e. The Morgan fingerprint density at radius 3 is 2.80 bits per heavy atom. The average molecular weight is 437 g/mol. The minimum Gasteiger partial charge on any atom is -0.289 e. The first kappa shape index (κ1) is 20.0. The zero-order valence-electron chi connectivity index (χ0n) is 16.0. The molecule has 0 saturated carbocycles. The zero-order chi connectivity index (χ0) is 21.1. The number of carbonyl (C=O) groups excluding carboxylic acids is 1. The Kier molecular flexibility index (Phi) is 5.74. The number of aryl methyl sites for hydroxylation is 1. The molecule has 2 aromatic heterocycles. The van der Waals surface area contributed by atoms with Crippen LogP contribution < -0.4 is 11.0 Å². The summed E-state index contributed by atoms with van der Waals surface area (Å²) in [6.07, 6.45) is 2.89. The quantitative estimate of drug-likeness (QED) is 0.375. The van der Waals surface area contributed by atoms with Gasteiger partial charge in [-0.2, -0.15) is 5.10 Å². The number of nitrogens with zero attached hydrogens (tertiary/aromatic N) is 3. The van der Waals surface area contributed by atoms with Gasteiger partial charge in [0.15, 0.2) is 0 Å². The molecular weight excluding hydrogens is 420 g/mol. The maximum atomic E-state index is 13.1. The van der Waals surface area contributed by atoms with Gasteiger partial charge >= 0.3 is 0 Å². The fourth-order valence-electron chi connectivity index (χ4n) is 3.16. The summed E-state index contributed by atoms with van der Waals surface area (Å²) in [4.78, 5) is 31.4. The Labute approximate surface area is 181 Å². The highest BCUT2D eigenvalue weighted by atomic mass is 35.5. The van der Waals surface area contributed by atoms with E-state index in [1.165, 1.54) is 28.4 Å². The molecule has 30 heavy (non-hydrogen) atoms. The molecule has 0 radical (unpaired) electrons. The van der Waals surface area contributed by atoms with E-state index in [1.807, 2.05) is 43.3 Å². The first-order valence-corrected chi connectivity index (χ1v) is 10.3. The number of fused-ring (bicyclic) bond motifs is 1. The number of carbonyl (C=O) groups is 1. The molecule has 0 aliphatic rings. The second-order valence-corrected chi connectivity index (χ2v) is 8.24. The van der Waals surface area contributed by atoms with E-state index in [2.05, 4.69) is 15.5 Å². The molecule has 1 amide bonds. The molecule has 8 heteroatoms. The lowest BCUT2D eigenvalue weighted by atomic mass is 10.0. The molecule has 2 heterocycles. The molecule has 0 bridgehead atoms. The average Bonchev–Trinajstić information content (AvgIpc) is 3.07. The molecule has 0 spiro atoms. The molecule has 2 aromatic carbocycles. The van der Waals surface area contributed by atoms with Gasteiger partial charge in [0.2, 0.25) is 0 Å². The topological polar surface area (TPSA) is 76.3 Å². The van der Waals surface area contributed by atoms with Crippen LogP contribution >= 0.6 is 22.9 Å². The Balaban J connectivity index is 1.58. The van der Waals surface area contributed by atoms with Gasteiger partial charge in [0, 0.05) is 15.5 Å². The summed E-state index contributed by atoms with van der Waals surface area (Å²) in [7, 11) is 0. The highest BCUT2D eigenvalue weighted by Crippen LogP contribution is 2.35. The van der Waals surface area contributed by atoms with Gasteiger partial charge in [-0.05, 0) is 30.2 Å². The summed E-state index contributed by atoms with van der Waals surface area (Å²) in [5.74, 6) is -0.426. The Morgan fingerprint density at radius 2 is 2.03 bits per heavy atom.